The molecule has 0 aliphatic heterocycles. The number of amides is 1. The van der Waals surface area contributed by atoms with E-state index in [2.05, 4.69) is 21.2 Å². The molecule has 1 aromatic carbocycles. The maximum atomic E-state index is 13.4. The molecule has 0 unspecified atom stereocenters. The summed E-state index contributed by atoms with van der Waals surface area (Å²) in [5, 5.41) is 11.2. The molecule has 0 aliphatic rings. The molecule has 2 N–H and O–H groups in total. The van der Waals surface area contributed by atoms with E-state index in [0.29, 0.717) is 17.3 Å². The van der Waals surface area contributed by atoms with Crippen LogP contribution in [0.2, 0.25) is 0 Å². The zero-order chi connectivity index (χ0) is 15.1. The van der Waals surface area contributed by atoms with Gasteiger partial charge in [-0.1, -0.05) is 29.3 Å². The molecule has 0 bridgehead atoms. The third-order valence-electron chi connectivity index (χ3n) is 2.46. The maximum Gasteiger partial charge on any atom is 0.326 e. The van der Waals surface area contributed by atoms with Crippen LogP contribution >= 0.6 is 15.9 Å². The average molecular weight is 348 g/mol. The lowest BCUT2D eigenvalue weighted by Crippen LogP contribution is -2.42. The van der Waals surface area contributed by atoms with Crippen LogP contribution in [0.1, 0.15) is 19.8 Å². The van der Waals surface area contributed by atoms with Crippen LogP contribution in [0, 0.1) is 5.82 Å². The highest BCUT2D eigenvalue weighted by Gasteiger charge is 2.19. The monoisotopic (exact) mass is 347 g/mol. The van der Waals surface area contributed by atoms with Crippen LogP contribution in [-0.2, 0) is 9.59 Å². The first-order valence-electron chi connectivity index (χ1n) is 6.04. The molecule has 0 aliphatic carbocycles. The molecule has 1 rings (SSSR count). The van der Waals surface area contributed by atoms with Crippen molar-refractivity contribution in [2.24, 2.45) is 0 Å². The van der Waals surface area contributed by atoms with E-state index in [0.717, 1.165) is 0 Å². The van der Waals surface area contributed by atoms with Crippen molar-refractivity contribution in [2.75, 3.05) is 6.61 Å². The van der Waals surface area contributed by atoms with Crippen molar-refractivity contribution in [1.82, 2.24) is 5.32 Å². The van der Waals surface area contributed by atoms with Gasteiger partial charge in [-0.05, 0) is 24.6 Å². The van der Waals surface area contributed by atoms with E-state index in [4.69, 9.17) is 9.84 Å². The highest BCUT2D eigenvalue weighted by atomic mass is 79.9. The summed E-state index contributed by atoms with van der Waals surface area (Å²) in [6.07, 6.45) is 0.952. The molecule has 0 spiro atoms. The SMILES string of the molecule is CCC[C@@H](NC(=O)COc1ccc(Br)cc1F)C(=O)O. The standard InChI is InChI=1S/C13H15BrFNO4/c1-2-3-10(13(18)19)16-12(17)7-20-11-5-4-8(14)6-9(11)15/h4-6,10H,2-3,7H2,1H3,(H,16,17)(H,18,19)/t10-/m1/s1. The second-order valence-electron chi connectivity index (χ2n) is 4.11. The molecule has 0 saturated carbocycles. The van der Waals surface area contributed by atoms with Crippen LogP contribution in [0.3, 0.4) is 0 Å². The van der Waals surface area contributed by atoms with Gasteiger partial charge in [-0.2, -0.15) is 0 Å². The van der Waals surface area contributed by atoms with Gasteiger partial charge in [0.15, 0.2) is 18.2 Å². The Bertz CT molecular complexity index is 495. The van der Waals surface area contributed by atoms with E-state index in [9.17, 15) is 14.0 Å². The zero-order valence-electron chi connectivity index (χ0n) is 10.9. The van der Waals surface area contributed by atoms with Gasteiger partial charge in [-0.15, -0.1) is 0 Å². The van der Waals surface area contributed by atoms with Crippen LogP contribution in [0.15, 0.2) is 22.7 Å². The minimum absolute atomic E-state index is 0.0642. The number of aliphatic carboxylic acids is 1. The molecule has 1 amide bonds. The van der Waals surface area contributed by atoms with Gasteiger partial charge in [0.2, 0.25) is 0 Å². The predicted molar refractivity (Wildman–Crippen MR) is 74.1 cm³/mol. The van der Waals surface area contributed by atoms with E-state index in [1.165, 1.54) is 12.1 Å². The number of nitrogens with one attached hydrogen (secondary N) is 1. The Morgan fingerprint density at radius 2 is 2.20 bits per heavy atom. The lowest BCUT2D eigenvalue weighted by atomic mass is 10.2. The Morgan fingerprint density at radius 1 is 1.50 bits per heavy atom. The molecule has 7 heteroatoms. The van der Waals surface area contributed by atoms with E-state index in [1.807, 2.05) is 6.92 Å². The van der Waals surface area contributed by atoms with Gasteiger partial charge in [-0.25, -0.2) is 9.18 Å². The van der Waals surface area contributed by atoms with Crippen LogP contribution in [0.4, 0.5) is 4.39 Å². The first kappa shape index (κ1) is 16.4. The fourth-order valence-electron chi connectivity index (χ4n) is 1.52. The molecule has 0 radical (unpaired) electrons. The third-order valence-corrected chi connectivity index (χ3v) is 2.96. The van der Waals surface area contributed by atoms with E-state index in [-0.39, 0.29) is 5.75 Å². The molecule has 5 nitrogen and oxygen atoms in total. The summed E-state index contributed by atoms with van der Waals surface area (Å²) in [7, 11) is 0. The topological polar surface area (TPSA) is 75.6 Å². The first-order chi connectivity index (χ1) is 9.43. The van der Waals surface area contributed by atoms with E-state index in [1.54, 1.807) is 6.07 Å². The number of hydrogen-bond acceptors (Lipinski definition) is 3. The molecule has 0 aromatic heterocycles. The highest BCUT2D eigenvalue weighted by Crippen LogP contribution is 2.21. The van der Waals surface area contributed by atoms with Crippen molar-refractivity contribution in [1.29, 1.82) is 0 Å². The molecule has 110 valence electrons. The Kier molecular flexibility index (Phi) is 6.44. The number of rotatable bonds is 7. The minimum atomic E-state index is -1.10. The molecular formula is C13H15BrFNO4. The second kappa shape index (κ2) is 7.84. The minimum Gasteiger partial charge on any atom is -0.481 e. The summed E-state index contributed by atoms with van der Waals surface area (Å²) in [6, 6.07) is 3.22. The third kappa shape index (κ3) is 5.16. The summed E-state index contributed by atoms with van der Waals surface area (Å²) >= 11 is 3.10. The molecule has 20 heavy (non-hydrogen) atoms. The number of ether oxygens (including phenoxy) is 1. The zero-order valence-corrected chi connectivity index (χ0v) is 12.4. The molecule has 0 saturated heterocycles. The quantitative estimate of drug-likeness (QED) is 0.793. The number of carboxylic acids is 1. The molecule has 0 heterocycles. The van der Waals surface area contributed by atoms with Gasteiger partial charge >= 0.3 is 5.97 Å². The highest BCUT2D eigenvalue weighted by molar-refractivity contribution is 9.10. The fourth-order valence-corrected chi connectivity index (χ4v) is 1.85. The van der Waals surface area contributed by atoms with Gasteiger partial charge < -0.3 is 15.2 Å². The molecule has 1 atom stereocenters. The van der Waals surface area contributed by atoms with Crippen molar-refractivity contribution in [2.45, 2.75) is 25.8 Å². The van der Waals surface area contributed by atoms with Crippen molar-refractivity contribution in [3.05, 3.63) is 28.5 Å². The van der Waals surface area contributed by atoms with Crippen LogP contribution in [-0.4, -0.2) is 29.6 Å². The fraction of sp³-hybridized carbons (Fsp3) is 0.385. The number of hydrogen-bond donors (Lipinski definition) is 2. The summed E-state index contributed by atoms with van der Waals surface area (Å²) in [5.41, 5.74) is 0. The van der Waals surface area contributed by atoms with Crippen molar-refractivity contribution in [3.63, 3.8) is 0 Å². The van der Waals surface area contributed by atoms with Crippen LogP contribution < -0.4 is 10.1 Å². The van der Waals surface area contributed by atoms with Crippen molar-refractivity contribution >= 4 is 27.8 Å². The Hall–Kier alpha value is -1.63. The Labute approximate surface area is 124 Å². The van der Waals surface area contributed by atoms with E-state index >= 15 is 0 Å². The second-order valence-corrected chi connectivity index (χ2v) is 5.03. The smallest absolute Gasteiger partial charge is 0.326 e. The molecular weight excluding hydrogens is 333 g/mol. The van der Waals surface area contributed by atoms with Crippen LogP contribution in [0.5, 0.6) is 5.75 Å². The summed E-state index contributed by atoms with van der Waals surface area (Å²) in [4.78, 5) is 22.4. The van der Waals surface area contributed by atoms with Gasteiger partial charge in [0.1, 0.15) is 6.04 Å². The largest absolute Gasteiger partial charge is 0.481 e. The summed E-state index contributed by atoms with van der Waals surface area (Å²) in [6.45, 7) is 1.38. The number of carbonyl (C=O) groups is 2. The van der Waals surface area contributed by atoms with Crippen LogP contribution in [0.25, 0.3) is 0 Å². The maximum absolute atomic E-state index is 13.4. The Morgan fingerprint density at radius 3 is 2.75 bits per heavy atom. The lowest BCUT2D eigenvalue weighted by molar-refractivity contribution is -0.142. The van der Waals surface area contributed by atoms with E-state index < -0.39 is 30.3 Å². The summed E-state index contributed by atoms with van der Waals surface area (Å²) in [5.74, 6) is -2.37. The van der Waals surface area contributed by atoms with Crippen molar-refractivity contribution in [3.8, 4) is 5.75 Å². The Balaban J connectivity index is 2.52. The number of halogens is 2. The average Bonchev–Trinajstić information content (AvgIpc) is 2.37. The number of carboxylic acid groups (broad SMARTS) is 1. The van der Waals surface area contributed by atoms with Gasteiger partial charge in [-0.3, -0.25) is 4.79 Å². The van der Waals surface area contributed by atoms with Gasteiger partial charge in [0.25, 0.3) is 5.91 Å². The normalized spacial score (nSPS) is 11.8. The molecule has 1 aromatic rings. The van der Waals surface area contributed by atoms with Gasteiger partial charge in [0, 0.05) is 4.47 Å². The lowest BCUT2D eigenvalue weighted by Gasteiger charge is -2.14. The van der Waals surface area contributed by atoms with Gasteiger partial charge in [0.05, 0.1) is 0 Å². The molecule has 0 fully saturated rings. The predicted octanol–water partition coefficient (Wildman–Crippen LogP) is 2.34. The number of carbonyl (C=O) groups excluding carboxylic acids is 1. The summed E-state index contributed by atoms with van der Waals surface area (Å²) < 4.78 is 19.0. The van der Waals surface area contributed by atoms with Crippen molar-refractivity contribution < 1.29 is 23.8 Å². The number of benzene rings is 1. The first-order valence-corrected chi connectivity index (χ1v) is 6.83.